The van der Waals surface area contributed by atoms with E-state index in [4.69, 9.17) is 10.5 Å². The van der Waals surface area contributed by atoms with Crippen molar-refractivity contribution in [1.29, 1.82) is 0 Å². The highest BCUT2D eigenvalue weighted by Crippen LogP contribution is 2.20. The van der Waals surface area contributed by atoms with Gasteiger partial charge >= 0.3 is 0 Å². The summed E-state index contributed by atoms with van der Waals surface area (Å²) in [7, 11) is 1.79. The van der Waals surface area contributed by atoms with Crippen LogP contribution in [0.5, 0.6) is 0 Å². The highest BCUT2D eigenvalue weighted by Gasteiger charge is 2.19. The lowest BCUT2D eigenvalue weighted by Crippen LogP contribution is -2.34. The number of thiazole rings is 1. The SMILES string of the molecule is COCC1CCN(Cc2csc(CCN)n2)CC1. The maximum Gasteiger partial charge on any atom is 0.0941 e. The summed E-state index contributed by atoms with van der Waals surface area (Å²) in [5.41, 5.74) is 6.74. The van der Waals surface area contributed by atoms with Gasteiger partial charge in [0, 0.05) is 32.1 Å². The van der Waals surface area contributed by atoms with E-state index in [1.807, 2.05) is 0 Å². The van der Waals surface area contributed by atoms with Gasteiger partial charge in [-0.3, -0.25) is 4.90 Å². The van der Waals surface area contributed by atoms with Crippen LogP contribution in [0, 0.1) is 5.92 Å². The van der Waals surface area contributed by atoms with Crippen molar-refractivity contribution in [2.24, 2.45) is 11.7 Å². The molecule has 2 heterocycles. The smallest absolute Gasteiger partial charge is 0.0941 e. The molecule has 5 heteroatoms. The number of piperidine rings is 1. The molecule has 1 fully saturated rings. The third kappa shape index (κ3) is 4.02. The van der Waals surface area contributed by atoms with Crippen molar-refractivity contribution in [2.75, 3.05) is 33.4 Å². The van der Waals surface area contributed by atoms with Gasteiger partial charge in [-0.25, -0.2) is 4.98 Å². The van der Waals surface area contributed by atoms with E-state index in [1.165, 1.54) is 23.5 Å². The second-order valence-electron chi connectivity index (χ2n) is 4.95. The number of hydrogen-bond acceptors (Lipinski definition) is 5. The molecule has 1 aromatic rings. The summed E-state index contributed by atoms with van der Waals surface area (Å²) in [5.74, 6) is 0.745. The second-order valence-corrected chi connectivity index (χ2v) is 5.89. The van der Waals surface area contributed by atoms with Crippen LogP contribution in [0.4, 0.5) is 0 Å². The molecule has 102 valence electrons. The van der Waals surface area contributed by atoms with Gasteiger partial charge in [-0.2, -0.15) is 0 Å². The number of aromatic nitrogens is 1. The Morgan fingerprint density at radius 3 is 2.94 bits per heavy atom. The number of likely N-dealkylation sites (tertiary alicyclic amines) is 1. The van der Waals surface area contributed by atoms with Crippen LogP contribution in [0.25, 0.3) is 0 Å². The predicted molar refractivity (Wildman–Crippen MR) is 74.7 cm³/mol. The van der Waals surface area contributed by atoms with Crippen molar-refractivity contribution >= 4 is 11.3 Å². The molecule has 0 atom stereocenters. The molecule has 18 heavy (non-hydrogen) atoms. The maximum absolute atomic E-state index is 5.54. The highest BCUT2D eigenvalue weighted by atomic mass is 32.1. The molecule has 0 bridgehead atoms. The van der Waals surface area contributed by atoms with Gasteiger partial charge in [0.2, 0.25) is 0 Å². The van der Waals surface area contributed by atoms with Gasteiger partial charge < -0.3 is 10.5 Å². The summed E-state index contributed by atoms with van der Waals surface area (Å²) in [6.07, 6.45) is 3.39. The fourth-order valence-electron chi connectivity index (χ4n) is 2.44. The third-order valence-corrected chi connectivity index (χ3v) is 4.41. The summed E-state index contributed by atoms with van der Waals surface area (Å²) in [5, 5.41) is 3.34. The normalized spacial score (nSPS) is 18.3. The zero-order valence-corrected chi connectivity index (χ0v) is 11.9. The molecule has 0 spiro atoms. The Kier molecular flexibility index (Phi) is 5.56. The minimum Gasteiger partial charge on any atom is -0.384 e. The van der Waals surface area contributed by atoms with Crippen molar-refractivity contribution in [2.45, 2.75) is 25.8 Å². The Bertz CT molecular complexity index is 348. The zero-order chi connectivity index (χ0) is 12.8. The molecule has 2 N–H and O–H groups in total. The Morgan fingerprint density at radius 2 is 2.28 bits per heavy atom. The van der Waals surface area contributed by atoms with E-state index in [0.717, 1.165) is 38.6 Å². The molecule has 0 saturated carbocycles. The van der Waals surface area contributed by atoms with Crippen molar-refractivity contribution in [1.82, 2.24) is 9.88 Å². The maximum atomic E-state index is 5.54. The van der Waals surface area contributed by atoms with E-state index in [1.54, 1.807) is 18.4 Å². The Hall–Kier alpha value is -0.490. The van der Waals surface area contributed by atoms with Gasteiger partial charge in [-0.05, 0) is 38.4 Å². The average molecular weight is 269 g/mol. The van der Waals surface area contributed by atoms with Gasteiger partial charge in [0.25, 0.3) is 0 Å². The number of nitrogens with zero attached hydrogens (tertiary/aromatic N) is 2. The minimum atomic E-state index is 0.690. The van der Waals surface area contributed by atoms with Crippen LogP contribution >= 0.6 is 11.3 Å². The molecule has 0 unspecified atom stereocenters. The number of rotatable bonds is 6. The van der Waals surface area contributed by atoms with Gasteiger partial charge in [-0.15, -0.1) is 11.3 Å². The molecule has 1 aromatic heterocycles. The zero-order valence-electron chi connectivity index (χ0n) is 11.1. The van der Waals surface area contributed by atoms with Gasteiger partial charge in [0.05, 0.1) is 10.7 Å². The molecular weight excluding hydrogens is 246 g/mol. The molecule has 1 saturated heterocycles. The van der Waals surface area contributed by atoms with E-state index in [-0.39, 0.29) is 0 Å². The summed E-state index contributed by atoms with van der Waals surface area (Å²) in [6, 6.07) is 0. The fourth-order valence-corrected chi connectivity index (χ4v) is 3.24. The fraction of sp³-hybridized carbons (Fsp3) is 0.769. The van der Waals surface area contributed by atoms with E-state index in [0.29, 0.717) is 6.54 Å². The molecule has 1 aliphatic rings. The molecule has 0 amide bonds. The van der Waals surface area contributed by atoms with Crippen molar-refractivity contribution in [3.63, 3.8) is 0 Å². The molecule has 4 nitrogen and oxygen atoms in total. The summed E-state index contributed by atoms with van der Waals surface area (Å²) in [6.45, 7) is 4.91. The lowest BCUT2D eigenvalue weighted by Gasteiger charge is -2.31. The standard InChI is InChI=1S/C13H23N3OS/c1-17-9-11-3-6-16(7-4-11)8-12-10-18-13(15-12)2-5-14/h10-11H,2-9,14H2,1H3. The number of ether oxygens (including phenoxy) is 1. The number of methoxy groups -OCH3 is 1. The first-order valence-electron chi connectivity index (χ1n) is 6.66. The average Bonchev–Trinajstić information content (AvgIpc) is 2.80. The first-order valence-corrected chi connectivity index (χ1v) is 7.54. The van der Waals surface area contributed by atoms with Crippen LogP contribution in [-0.4, -0.2) is 43.2 Å². The van der Waals surface area contributed by atoms with Crippen molar-refractivity contribution < 1.29 is 4.74 Å². The van der Waals surface area contributed by atoms with Crippen LogP contribution < -0.4 is 5.73 Å². The van der Waals surface area contributed by atoms with E-state index in [2.05, 4.69) is 15.3 Å². The number of hydrogen-bond donors (Lipinski definition) is 1. The molecule has 1 aliphatic heterocycles. The molecular formula is C13H23N3OS. The molecule has 0 radical (unpaired) electrons. The van der Waals surface area contributed by atoms with E-state index in [9.17, 15) is 0 Å². The largest absolute Gasteiger partial charge is 0.384 e. The summed E-state index contributed by atoms with van der Waals surface area (Å²) < 4.78 is 5.22. The quantitative estimate of drug-likeness (QED) is 0.850. The minimum absolute atomic E-state index is 0.690. The lowest BCUT2D eigenvalue weighted by atomic mass is 9.98. The van der Waals surface area contributed by atoms with Crippen molar-refractivity contribution in [3.05, 3.63) is 16.1 Å². The highest BCUT2D eigenvalue weighted by molar-refractivity contribution is 7.09. The Balaban J connectivity index is 1.76. The molecule has 2 rings (SSSR count). The molecule has 0 aliphatic carbocycles. The topological polar surface area (TPSA) is 51.4 Å². The molecule has 0 aromatic carbocycles. The van der Waals surface area contributed by atoms with Crippen LogP contribution in [0.2, 0.25) is 0 Å². The summed E-state index contributed by atoms with van der Waals surface area (Å²) >= 11 is 1.73. The predicted octanol–water partition coefficient (Wildman–Crippen LogP) is 1.50. The van der Waals surface area contributed by atoms with Gasteiger partial charge in [0.1, 0.15) is 0 Å². The summed E-state index contributed by atoms with van der Waals surface area (Å²) in [4.78, 5) is 7.12. The monoisotopic (exact) mass is 269 g/mol. The van der Waals surface area contributed by atoms with Crippen LogP contribution in [-0.2, 0) is 17.7 Å². The van der Waals surface area contributed by atoms with Crippen LogP contribution in [0.3, 0.4) is 0 Å². The van der Waals surface area contributed by atoms with Crippen LogP contribution in [0.1, 0.15) is 23.5 Å². The first kappa shape index (κ1) is 13.9. The van der Waals surface area contributed by atoms with Crippen LogP contribution in [0.15, 0.2) is 5.38 Å². The van der Waals surface area contributed by atoms with Gasteiger partial charge in [-0.1, -0.05) is 0 Å². The Labute approximate surface area is 113 Å². The van der Waals surface area contributed by atoms with E-state index < -0.39 is 0 Å². The first-order chi connectivity index (χ1) is 8.81. The lowest BCUT2D eigenvalue weighted by molar-refractivity contribution is 0.0964. The van der Waals surface area contributed by atoms with E-state index >= 15 is 0 Å². The number of nitrogens with two attached hydrogens (primary N) is 1. The Morgan fingerprint density at radius 1 is 1.50 bits per heavy atom. The van der Waals surface area contributed by atoms with Crippen molar-refractivity contribution in [3.8, 4) is 0 Å². The van der Waals surface area contributed by atoms with Gasteiger partial charge in [0.15, 0.2) is 0 Å². The third-order valence-electron chi connectivity index (χ3n) is 3.45. The second kappa shape index (κ2) is 7.19.